The van der Waals surface area contributed by atoms with Crippen LogP contribution in [0.5, 0.6) is 5.75 Å². The van der Waals surface area contributed by atoms with E-state index in [-0.39, 0.29) is 5.97 Å². The summed E-state index contributed by atoms with van der Waals surface area (Å²) >= 11 is 3.21. The molecule has 1 aromatic heterocycles. The molecular formula is C7H6BrNO2. The highest BCUT2D eigenvalue weighted by atomic mass is 79.9. The predicted octanol–water partition coefficient (Wildman–Crippen LogP) is 1.77. The molecular weight excluding hydrogens is 210 g/mol. The first-order valence-electron chi connectivity index (χ1n) is 2.98. The van der Waals surface area contributed by atoms with Crippen LogP contribution in [-0.4, -0.2) is 11.0 Å². The van der Waals surface area contributed by atoms with Crippen LogP contribution < -0.4 is 4.74 Å². The number of carbonyl (C=O) groups is 1. The van der Waals surface area contributed by atoms with Crippen LogP contribution in [-0.2, 0) is 4.79 Å². The maximum absolute atomic E-state index is 10.5. The van der Waals surface area contributed by atoms with Gasteiger partial charge in [-0.2, -0.15) is 0 Å². The molecule has 1 heterocycles. The summed E-state index contributed by atoms with van der Waals surface area (Å²) in [6.07, 6.45) is 3.09. The standard InChI is InChI=1S/C7H6BrNO2/c1-5(10)11-7-4-9-3-2-6(7)8/h2-4H,1H3. The molecule has 4 heteroatoms. The van der Waals surface area contributed by atoms with Gasteiger partial charge in [-0.1, -0.05) is 0 Å². The van der Waals surface area contributed by atoms with E-state index in [9.17, 15) is 4.79 Å². The zero-order chi connectivity index (χ0) is 8.27. The van der Waals surface area contributed by atoms with Crippen LogP contribution in [0.2, 0.25) is 0 Å². The first kappa shape index (κ1) is 8.20. The van der Waals surface area contributed by atoms with E-state index >= 15 is 0 Å². The first-order chi connectivity index (χ1) is 5.20. The van der Waals surface area contributed by atoms with Crippen molar-refractivity contribution in [1.82, 2.24) is 4.98 Å². The van der Waals surface area contributed by atoms with Crippen LogP contribution in [0.4, 0.5) is 0 Å². The lowest BCUT2D eigenvalue weighted by atomic mass is 10.5. The number of esters is 1. The maximum atomic E-state index is 10.5. The lowest BCUT2D eigenvalue weighted by Crippen LogP contribution is -2.01. The SMILES string of the molecule is CC(=O)Oc1cnccc1Br. The third-order valence-corrected chi connectivity index (χ3v) is 1.64. The summed E-state index contributed by atoms with van der Waals surface area (Å²) in [6.45, 7) is 1.35. The van der Waals surface area contributed by atoms with Crippen molar-refractivity contribution in [2.24, 2.45) is 0 Å². The highest BCUT2D eigenvalue weighted by molar-refractivity contribution is 9.10. The van der Waals surface area contributed by atoms with Crippen molar-refractivity contribution in [2.75, 3.05) is 0 Å². The van der Waals surface area contributed by atoms with Gasteiger partial charge in [-0.25, -0.2) is 0 Å². The molecule has 3 nitrogen and oxygen atoms in total. The average molecular weight is 216 g/mol. The van der Waals surface area contributed by atoms with Gasteiger partial charge in [0.2, 0.25) is 0 Å². The number of pyridine rings is 1. The van der Waals surface area contributed by atoms with E-state index in [1.807, 2.05) is 0 Å². The Kier molecular flexibility index (Phi) is 2.59. The Labute approximate surface area is 72.5 Å². The minimum absolute atomic E-state index is 0.348. The number of aromatic nitrogens is 1. The molecule has 0 amide bonds. The van der Waals surface area contributed by atoms with Crippen LogP contribution >= 0.6 is 15.9 Å². The van der Waals surface area contributed by atoms with Crippen LogP contribution in [0.1, 0.15) is 6.92 Å². The van der Waals surface area contributed by atoms with E-state index < -0.39 is 0 Å². The molecule has 0 spiro atoms. The van der Waals surface area contributed by atoms with Crippen molar-refractivity contribution >= 4 is 21.9 Å². The summed E-state index contributed by atoms with van der Waals surface area (Å²) in [5, 5.41) is 0. The van der Waals surface area contributed by atoms with Crippen LogP contribution in [0.25, 0.3) is 0 Å². The number of halogens is 1. The van der Waals surface area contributed by atoms with Crippen LogP contribution in [0.3, 0.4) is 0 Å². The van der Waals surface area contributed by atoms with Gasteiger partial charge in [0.25, 0.3) is 0 Å². The summed E-state index contributed by atoms with van der Waals surface area (Å²) in [5.74, 6) is 0.0960. The number of ether oxygens (including phenoxy) is 1. The summed E-state index contributed by atoms with van der Waals surface area (Å²) in [6, 6.07) is 1.71. The van der Waals surface area contributed by atoms with Crippen molar-refractivity contribution < 1.29 is 9.53 Å². The monoisotopic (exact) mass is 215 g/mol. The van der Waals surface area contributed by atoms with E-state index in [2.05, 4.69) is 20.9 Å². The van der Waals surface area contributed by atoms with Gasteiger partial charge >= 0.3 is 5.97 Å². The van der Waals surface area contributed by atoms with Crippen molar-refractivity contribution in [1.29, 1.82) is 0 Å². The molecule has 58 valence electrons. The molecule has 0 radical (unpaired) electrons. The van der Waals surface area contributed by atoms with Crippen molar-refractivity contribution in [3.05, 3.63) is 22.9 Å². The highest BCUT2D eigenvalue weighted by Crippen LogP contribution is 2.22. The summed E-state index contributed by atoms with van der Waals surface area (Å²) in [5.41, 5.74) is 0. The Hall–Kier alpha value is -0.900. The van der Waals surface area contributed by atoms with Crippen LogP contribution in [0, 0.1) is 0 Å². The van der Waals surface area contributed by atoms with Gasteiger partial charge in [0.05, 0.1) is 10.7 Å². The smallest absolute Gasteiger partial charge is 0.308 e. The number of hydrogen-bond acceptors (Lipinski definition) is 3. The zero-order valence-electron chi connectivity index (χ0n) is 5.87. The summed E-state index contributed by atoms with van der Waals surface area (Å²) in [4.78, 5) is 14.3. The average Bonchev–Trinajstić information content (AvgIpc) is 1.93. The van der Waals surface area contributed by atoms with Gasteiger partial charge in [0, 0.05) is 13.1 Å². The second-order valence-electron chi connectivity index (χ2n) is 1.90. The molecule has 0 aliphatic carbocycles. The first-order valence-corrected chi connectivity index (χ1v) is 3.77. The molecule has 11 heavy (non-hydrogen) atoms. The number of rotatable bonds is 1. The molecule has 0 atom stereocenters. The number of nitrogens with zero attached hydrogens (tertiary/aromatic N) is 1. The Balaban J connectivity index is 2.86. The molecule has 0 fully saturated rings. The van der Waals surface area contributed by atoms with Gasteiger partial charge < -0.3 is 4.74 Å². The molecule has 0 N–H and O–H groups in total. The zero-order valence-corrected chi connectivity index (χ0v) is 7.46. The van der Waals surface area contributed by atoms with E-state index in [1.54, 1.807) is 12.3 Å². The van der Waals surface area contributed by atoms with Crippen LogP contribution in [0.15, 0.2) is 22.9 Å². The van der Waals surface area contributed by atoms with Gasteiger partial charge in [0.15, 0.2) is 5.75 Å². The van der Waals surface area contributed by atoms with Gasteiger partial charge in [-0.05, 0) is 22.0 Å². The fourth-order valence-electron chi connectivity index (χ4n) is 0.593. The van der Waals surface area contributed by atoms with Gasteiger partial charge in [-0.15, -0.1) is 0 Å². The third kappa shape index (κ3) is 2.31. The molecule has 0 saturated heterocycles. The van der Waals surface area contributed by atoms with E-state index in [4.69, 9.17) is 4.74 Å². The topological polar surface area (TPSA) is 39.2 Å². The predicted molar refractivity (Wildman–Crippen MR) is 43.2 cm³/mol. The largest absolute Gasteiger partial charge is 0.424 e. The molecule has 0 aliphatic rings. The molecule has 0 aliphatic heterocycles. The molecule has 1 rings (SSSR count). The van der Waals surface area contributed by atoms with E-state index in [0.29, 0.717) is 5.75 Å². The summed E-state index contributed by atoms with van der Waals surface area (Å²) in [7, 11) is 0. The Morgan fingerprint density at radius 3 is 3.00 bits per heavy atom. The fraction of sp³-hybridized carbons (Fsp3) is 0.143. The van der Waals surface area contributed by atoms with Gasteiger partial charge in [0.1, 0.15) is 0 Å². The molecule has 0 aromatic carbocycles. The Bertz CT molecular complexity index is 275. The highest BCUT2D eigenvalue weighted by Gasteiger charge is 2.01. The quantitative estimate of drug-likeness (QED) is 0.671. The van der Waals surface area contributed by atoms with E-state index in [0.717, 1.165) is 4.47 Å². The molecule has 0 unspecified atom stereocenters. The second-order valence-corrected chi connectivity index (χ2v) is 2.75. The number of carbonyl (C=O) groups excluding carboxylic acids is 1. The molecule has 1 aromatic rings. The van der Waals surface area contributed by atoms with Gasteiger partial charge in [-0.3, -0.25) is 9.78 Å². The van der Waals surface area contributed by atoms with Crippen molar-refractivity contribution in [3.63, 3.8) is 0 Å². The molecule has 0 saturated carbocycles. The normalized spacial score (nSPS) is 9.27. The lowest BCUT2D eigenvalue weighted by molar-refractivity contribution is -0.131. The van der Waals surface area contributed by atoms with E-state index in [1.165, 1.54) is 13.1 Å². The maximum Gasteiger partial charge on any atom is 0.308 e. The van der Waals surface area contributed by atoms with Crippen molar-refractivity contribution in [2.45, 2.75) is 6.92 Å². The Morgan fingerprint density at radius 1 is 1.73 bits per heavy atom. The molecule has 0 bridgehead atoms. The lowest BCUT2D eigenvalue weighted by Gasteiger charge is -2.00. The Morgan fingerprint density at radius 2 is 2.45 bits per heavy atom. The fourth-order valence-corrected chi connectivity index (χ4v) is 0.894. The minimum atomic E-state index is -0.348. The van der Waals surface area contributed by atoms with Crippen molar-refractivity contribution in [3.8, 4) is 5.75 Å². The summed E-state index contributed by atoms with van der Waals surface area (Å²) < 4.78 is 5.52. The minimum Gasteiger partial charge on any atom is -0.424 e. The number of hydrogen-bond donors (Lipinski definition) is 0. The third-order valence-electron chi connectivity index (χ3n) is 0.988. The second kappa shape index (κ2) is 3.48.